The molecule has 1 aliphatic heterocycles. The Kier molecular flexibility index (Phi) is 3.46. The Morgan fingerprint density at radius 1 is 1.57 bits per heavy atom. The van der Waals surface area contributed by atoms with E-state index in [4.69, 9.17) is 11.5 Å². The molecule has 1 rings (SSSR count). The molecular weight excluding hydrogens is 182 g/mol. The summed E-state index contributed by atoms with van der Waals surface area (Å²) >= 11 is 0. The highest BCUT2D eigenvalue weighted by Gasteiger charge is 2.37. The van der Waals surface area contributed by atoms with E-state index in [1.165, 1.54) is 4.90 Å². The SMILES string of the molecule is CCC[C@H](N)C(=O)N1CCC1C(N)=O. The summed E-state index contributed by atoms with van der Waals surface area (Å²) in [6.45, 7) is 2.57. The van der Waals surface area contributed by atoms with Crippen LogP contribution in [0.3, 0.4) is 0 Å². The van der Waals surface area contributed by atoms with Crippen molar-refractivity contribution in [1.82, 2.24) is 4.90 Å². The fourth-order valence-electron chi connectivity index (χ4n) is 1.59. The summed E-state index contributed by atoms with van der Waals surface area (Å²) < 4.78 is 0. The van der Waals surface area contributed by atoms with Crippen molar-refractivity contribution in [2.24, 2.45) is 11.5 Å². The van der Waals surface area contributed by atoms with E-state index in [0.717, 1.165) is 6.42 Å². The van der Waals surface area contributed by atoms with Gasteiger partial charge in [-0.05, 0) is 12.8 Å². The van der Waals surface area contributed by atoms with Gasteiger partial charge in [-0.2, -0.15) is 0 Å². The van der Waals surface area contributed by atoms with E-state index in [1.807, 2.05) is 6.92 Å². The van der Waals surface area contributed by atoms with Crippen LogP contribution in [0.4, 0.5) is 0 Å². The fraction of sp³-hybridized carbons (Fsp3) is 0.778. The van der Waals surface area contributed by atoms with Crippen LogP contribution in [0.25, 0.3) is 0 Å². The van der Waals surface area contributed by atoms with Crippen molar-refractivity contribution in [3.8, 4) is 0 Å². The first-order valence-corrected chi connectivity index (χ1v) is 4.93. The second-order valence-corrected chi connectivity index (χ2v) is 3.63. The predicted octanol–water partition coefficient (Wildman–Crippen LogP) is -0.800. The van der Waals surface area contributed by atoms with Crippen LogP contribution < -0.4 is 11.5 Å². The molecule has 1 unspecified atom stereocenters. The standard InChI is InChI=1S/C9H17N3O2/c1-2-3-6(10)9(14)12-5-4-7(12)8(11)13/h6-7H,2-5,10H2,1H3,(H2,11,13)/t6-,7?/m0/s1. The largest absolute Gasteiger partial charge is 0.368 e. The molecule has 0 aromatic heterocycles. The number of carbonyl (C=O) groups is 2. The van der Waals surface area contributed by atoms with E-state index in [0.29, 0.717) is 19.4 Å². The third-order valence-electron chi connectivity index (χ3n) is 2.55. The molecular formula is C9H17N3O2. The number of carbonyl (C=O) groups excluding carboxylic acids is 2. The normalized spacial score (nSPS) is 22.7. The molecule has 0 spiro atoms. The summed E-state index contributed by atoms with van der Waals surface area (Å²) in [4.78, 5) is 24.0. The van der Waals surface area contributed by atoms with Gasteiger partial charge in [0.2, 0.25) is 11.8 Å². The third-order valence-corrected chi connectivity index (χ3v) is 2.55. The van der Waals surface area contributed by atoms with Crippen molar-refractivity contribution in [3.63, 3.8) is 0 Å². The maximum atomic E-state index is 11.6. The summed E-state index contributed by atoms with van der Waals surface area (Å²) in [5.74, 6) is -0.588. The minimum absolute atomic E-state index is 0.151. The molecule has 0 radical (unpaired) electrons. The van der Waals surface area contributed by atoms with Crippen LogP contribution >= 0.6 is 0 Å². The van der Waals surface area contributed by atoms with Crippen molar-refractivity contribution >= 4 is 11.8 Å². The van der Waals surface area contributed by atoms with Gasteiger partial charge in [0.05, 0.1) is 6.04 Å². The average Bonchev–Trinajstić information content (AvgIpc) is 2.01. The second kappa shape index (κ2) is 4.41. The molecule has 4 N–H and O–H groups in total. The van der Waals surface area contributed by atoms with Gasteiger partial charge in [-0.1, -0.05) is 13.3 Å². The summed E-state index contributed by atoms with van der Waals surface area (Å²) in [6.07, 6.45) is 2.18. The van der Waals surface area contributed by atoms with Crippen molar-refractivity contribution in [1.29, 1.82) is 0 Å². The molecule has 0 saturated carbocycles. The van der Waals surface area contributed by atoms with Crippen molar-refractivity contribution in [3.05, 3.63) is 0 Å². The molecule has 0 bridgehead atoms. The molecule has 0 aliphatic carbocycles. The van der Waals surface area contributed by atoms with Crippen LogP contribution in [0.2, 0.25) is 0 Å². The predicted molar refractivity (Wildman–Crippen MR) is 52.2 cm³/mol. The first-order valence-electron chi connectivity index (χ1n) is 4.93. The van der Waals surface area contributed by atoms with Gasteiger partial charge in [0.25, 0.3) is 0 Å². The molecule has 80 valence electrons. The minimum atomic E-state index is -0.484. The topological polar surface area (TPSA) is 89.4 Å². The quantitative estimate of drug-likeness (QED) is 0.621. The Bertz CT molecular complexity index is 242. The highest BCUT2D eigenvalue weighted by atomic mass is 16.2. The molecule has 1 aliphatic rings. The van der Waals surface area contributed by atoms with Gasteiger partial charge in [-0.15, -0.1) is 0 Å². The Morgan fingerprint density at radius 3 is 2.57 bits per heavy atom. The lowest BCUT2D eigenvalue weighted by Crippen LogP contribution is -2.60. The number of rotatable bonds is 4. The maximum Gasteiger partial charge on any atom is 0.240 e. The molecule has 0 aromatic carbocycles. The Morgan fingerprint density at radius 2 is 2.21 bits per heavy atom. The smallest absolute Gasteiger partial charge is 0.240 e. The zero-order valence-electron chi connectivity index (χ0n) is 8.40. The summed E-state index contributed by atoms with van der Waals surface area (Å²) in [5, 5.41) is 0. The Hall–Kier alpha value is -1.10. The van der Waals surface area contributed by atoms with Crippen LogP contribution in [0, 0.1) is 0 Å². The zero-order valence-corrected chi connectivity index (χ0v) is 8.40. The fourth-order valence-corrected chi connectivity index (χ4v) is 1.59. The van der Waals surface area contributed by atoms with E-state index in [9.17, 15) is 9.59 Å². The molecule has 14 heavy (non-hydrogen) atoms. The van der Waals surface area contributed by atoms with Gasteiger partial charge in [0.15, 0.2) is 0 Å². The highest BCUT2D eigenvalue weighted by molar-refractivity contribution is 5.90. The second-order valence-electron chi connectivity index (χ2n) is 3.63. The van der Waals surface area contributed by atoms with Crippen molar-refractivity contribution in [2.45, 2.75) is 38.3 Å². The lowest BCUT2D eigenvalue weighted by atomic mass is 10.00. The van der Waals surface area contributed by atoms with E-state index in [1.54, 1.807) is 0 Å². The molecule has 5 nitrogen and oxygen atoms in total. The van der Waals surface area contributed by atoms with Crippen LogP contribution in [-0.2, 0) is 9.59 Å². The first kappa shape index (κ1) is 11.0. The van der Waals surface area contributed by atoms with Gasteiger partial charge in [-0.25, -0.2) is 0 Å². The maximum absolute atomic E-state index is 11.6. The van der Waals surface area contributed by atoms with Gasteiger partial charge in [-0.3, -0.25) is 9.59 Å². The number of hydrogen-bond acceptors (Lipinski definition) is 3. The van der Waals surface area contributed by atoms with Gasteiger partial charge < -0.3 is 16.4 Å². The third kappa shape index (κ3) is 2.04. The Labute approximate surface area is 83.4 Å². The molecule has 5 heteroatoms. The van der Waals surface area contributed by atoms with Crippen LogP contribution in [0.5, 0.6) is 0 Å². The molecule has 1 fully saturated rings. The first-order chi connectivity index (χ1) is 6.57. The van der Waals surface area contributed by atoms with Crippen molar-refractivity contribution < 1.29 is 9.59 Å². The van der Waals surface area contributed by atoms with Crippen molar-refractivity contribution in [2.75, 3.05) is 6.54 Å². The van der Waals surface area contributed by atoms with Crippen LogP contribution in [-0.4, -0.2) is 35.3 Å². The number of amides is 2. The van der Waals surface area contributed by atoms with E-state index in [-0.39, 0.29) is 5.91 Å². The summed E-state index contributed by atoms with van der Waals surface area (Å²) in [5.41, 5.74) is 10.8. The number of nitrogens with two attached hydrogens (primary N) is 2. The Balaban J connectivity index is 2.49. The van der Waals surface area contributed by atoms with E-state index >= 15 is 0 Å². The van der Waals surface area contributed by atoms with Gasteiger partial charge in [0.1, 0.15) is 6.04 Å². The number of likely N-dealkylation sites (tertiary alicyclic amines) is 1. The minimum Gasteiger partial charge on any atom is -0.368 e. The highest BCUT2D eigenvalue weighted by Crippen LogP contribution is 2.18. The molecule has 0 aromatic rings. The number of hydrogen-bond donors (Lipinski definition) is 2. The van der Waals surface area contributed by atoms with Gasteiger partial charge in [0, 0.05) is 6.54 Å². The van der Waals surface area contributed by atoms with E-state index < -0.39 is 18.0 Å². The lowest BCUT2D eigenvalue weighted by molar-refractivity contribution is -0.147. The molecule has 2 amide bonds. The summed E-state index contributed by atoms with van der Waals surface area (Å²) in [7, 11) is 0. The average molecular weight is 199 g/mol. The lowest BCUT2D eigenvalue weighted by Gasteiger charge is -2.40. The zero-order chi connectivity index (χ0) is 10.7. The molecule has 1 heterocycles. The number of nitrogens with zero attached hydrogens (tertiary/aromatic N) is 1. The molecule has 2 atom stereocenters. The molecule has 1 saturated heterocycles. The van der Waals surface area contributed by atoms with Crippen LogP contribution in [0.1, 0.15) is 26.2 Å². The monoisotopic (exact) mass is 199 g/mol. The van der Waals surface area contributed by atoms with Crippen LogP contribution in [0.15, 0.2) is 0 Å². The van der Waals surface area contributed by atoms with Gasteiger partial charge >= 0.3 is 0 Å². The summed E-state index contributed by atoms with van der Waals surface area (Å²) in [6, 6.07) is -0.910. The number of primary amides is 1. The van der Waals surface area contributed by atoms with E-state index in [2.05, 4.69) is 0 Å².